The van der Waals surface area contributed by atoms with Gasteiger partial charge in [0.05, 0.1) is 12.8 Å². The first-order chi connectivity index (χ1) is 12.1. The number of aryl methyl sites for hydroxylation is 1. The van der Waals surface area contributed by atoms with E-state index in [1.54, 1.807) is 23.9 Å². The maximum Gasteiger partial charge on any atom is 0.268 e. The number of aromatic nitrogens is 2. The lowest BCUT2D eigenvalue weighted by Gasteiger charge is -2.07. The fourth-order valence-corrected chi connectivity index (χ4v) is 3.05. The first-order valence-electron chi connectivity index (χ1n) is 7.60. The molecule has 0 radical (unpaired) electrons. The molecule has 0 aliphatic carbocycles. The molecule has 25 heavy (non-hydrogen) atoms. The summed E-state index contributed by atoms with van der Waals surface area (Å²) in [7, 11) is 0. The molecule has 7 heteroatoms. The van der Waals surface area contributed by atoms with Crippen molar-refractivity contribution in [2.24, 2.45) is 0 Å². The number of thiazole rings is 1. The van der Waals surface area contributed by atoms with Gasteiger partial charge in [0.25, 0.3) is 5.91 Å². The molecule has 3 rings (SSSR count). The van der Waals surface area contributed by atoms with Crippen LogP contribution in [0.1, 0.15) is 22.7 Å². The second-order valence-electron chi connectivity index (χ2n) is 5.45. The standard InChI is InChI=1S/C18H16N4O2S/c1-12-8-14(13(2)22(12)11-16-4-3-6-24-16)9-15(10-19)17(23)21-18-20-5-7-25-18/h3-9H,11H2,1-2H3,(H,20,21,23)/b15-9+. The predicted octanol–water partition coefficient (Wildman–Crippen LogP) is 3.75. The molecule has 126 valence electrons. The highest BCUT2D eigenvalue weighted by atomic mass is 32.1. The monoisotopic (exact) mass is 352 g/mol. The second-order valence-corrected chi connectivity index (χ2v) is 6.35. The number of furan rings is 1. The number of carbonyl (C=O) groups excluding carboxylic acids is 1. The van der Waals surface area contributed by atoms with E-state index < -0.39 is 5.91 Å². The van der Waals surface area contributed by atoms with Crippen molar-refractivity contribution in [3.05, 3.63) is 64.3 Å². The number of carbonyl (C=O) groups is 1. The molecule has 1 N–H and O–H groups in total. The Kier molecular flexibility index (Phi) is 4.82. The van der Waals surface area contributed by atoms with E-state index in [-0.39, 0.29) is 5.57 Å². The molecule has 3 aromatic heterocycles. The molecule has 0 aliphatic rings. The van der Waals surface area contributed by atoms with Crippen LogP contribution < -0.4 is 5.32 Å². The third-order valence-electron chi connectivity index (χ3n) is 3.82. The van der Waals surface area contributed by atoms with Gasteiger partial charge in [-0.05, 0) is 43.7 Å². The first-order valence-corrected chi connectivity index (χ1v) is 8.48. The molecular weight excluding hydrogens is 336 g/mol. The van der Waals surface area contributed by atoms with Gasteiger partial charge in [0.1, 0.15) is 17.4 Å². The normalized spacial score (nSPS) is 11.3. The van der Waals surface area contributed by atoms with Crippen molar-refractivity contribution in [3.8, 4) is 6.07 Å². The van der Waals surface area contributed by atoms with Crippen molar-refractivity contribution in [3.63, 3.8) is 0 Å². The Hall–Kier alpha value is -3.11. The lowest BCUT2D eigenvalue weighted by molar-refractivity contribution is -0.112. The summed E-state index contributed by atoms with van der Waals surface area (Å²) in [5.74, 6) is 0.382. The fraction of sp³-hybridized carbons (Fsp3) is 0.167. The van der Waals surface area contributed by atoms with Gasteiger partial charge in [0.15, 0.2) is 5.13 Å². The Morgan fingerprint density at radius 3 is 3.00 bits per heavy atom. The Balaban J connectivity index is 1.86. The number of rotatable bonds is 5. The zero-order valence-corrected chi connectivity index (χ0v) is 14.6. The van der Waals surface area contributed by atoms with Crippen molar-refractivity contribution in [1.82, 2.24) is 9.55 Å². The van der Waals surface area contributed by atoms with Gasteiger partial charge in [-0.15, -0.1) is 11.3 Å². The van der Waals surface area contributed by atoms with Gasteiger partial charge in [0, 0.05) is 23.0 Å². The number of amides is 1. The van der Waals surface area contributed by atoms with Crippen LogP contribution in [-0.2, 0) is 11.3 Å². The minimum atomic E-state index is -0.465. The topological polar surface area (TPSA) is 83.9 Å². The number of nitrogens with one attached hydrogen (secondary N) is 1. The smallest absolute Gasteiger partial charge is 0.268 e. The maximum atomic E-state index is 12.2. The minimum absolute atomic E-state index is 0.0356. The van der Waals surface area contributed by atoms with E-state index in [0.29, 0.717) is 11.7 Å². The third-order valence-corrected chi connectivity index (χ3v) is 4.51. The van der Waals surface area contributed by atoms with E-state index in [9.17, 15) is 10.1 Å². The van der Waals surface area contributed by atoms with Crippen LogP contribution in [0.3, 0.4) is 0 Å². The van der Waals surface area contributed by atoms with E-state index in [4.69, 9.17) is 4.42 Å². The molecule has 0 saturated carbocycles. The van der Waals surface area contributed by atoms with E-state index in [1.807, 2.05) is 38.1 Å². The summed E-state index contributed by atoms with van der Waals surface area (Å²) in [6.45, 7) is 4.54. The number of nitriles is 1. The summed E-state index contributed by atoms with van der Waals surface area (Å²) in [5.41, 5.74) is 2.85. The molecule has 0 aromatic carbocycles. The molecule has 3 heterocycles. The van der Waals surface area contributed by atoms with Gasteiger partial charge in [-0.1, -0.05) is 0 Å². The van der Waals surface area contributed by atoms with Crippen LogP contribution in [0.5, 0.6) is 0 Å². The number of hydrogen-bond acceptors (Lipinski definition) is 5. The zero-order chi connectivity index (χ0) is 17.8. The van der Waals surface area contributed by atoms with Crippen molar-refractivity contribution in [1.29, 1.82) is 5.26 Å². The van der Waals surface area contributed by atoms with Gasteiger partial charge in [-0.25, -0.2) is 4.98 Å². The second kappa shape index (κ2) is 7.20. The number of nitrogens with zero attached hydrogens (tertiary/aromatic N) is 3. The van der Waals surface area contributed by atoms with Crippen LogP contribution in [0, 0.1) is 25.2 Å². The molecule has 0 unspecified atom stereocenters. The van der Waals surface area contributed by atoms with Gasteiger partial charge >= 0.3 is 0 Å². The summed E-state index contributed by atoms with van der Waals surface area (Å²) >= 11 is 1.30. The highest BCUT2D eigenvalue weighted by molar-refractivity contribution is 7.13. The number of hydrogen-bond donors (Lipinski definition) is 1. The zero-order valence-electron chi connectivity index (χ0n) is 13.8. The van der Waals surface area contributed by atoms with E-state index in [1.165, 1.54) is 11.3 Å². The Morgan fingerprint density at radius 1 is 1.52 bits per heavy atom. The SMILES string of the molecule is Cc1cc(/C=C(\C#N)C(=O)Nc2nccs2)c(C)n1Cc1ccco1. The molecule has 3 aromatic rings. The van der Waals surface area contributed by atoms with Crippen LogP contribution in [0.15, 0.2) is 46.0 Å². The number of anilines is 1. The van der Waals surface area contributed by atoms with Crippen molar-refractivity contribution in [2.75, 3.05) is 5.32 Å². The lowest BCUT2D eigenvalue weighted by atomic mass is 10.1. The molecule has 0 atom stereocenters. The summed E-state index contributed by atoms with van der Waals surface area (Å²) < 4.78 is 7.48. The molecule has 0 saturated heterocycles. The Bertz CT molecular complexity index is 944. The van der Waals surface area contributed by atoms with Gasteiger partial charge in [-0.3, -0.25) is 10.1 Å². The van der Waals surface area contributed by atoms with Crippen molar-refractivity contribution in [2.45, 2.75) is 20.4 Å². The van der Waals surface area contributed by atoms with E-state index >= 15 is 0 Å². The Morgan fingerprint density at radius 2 is 2.36 bits per heavy atom. The van der Waals surface area contributed by atoms with Crippen molar-refractivity contribution < 1.29 is 9.21 Å². The molecule has 1 amide bonds. The van der Waals surface area contributed by atoms with Crippen LogP contribution >= 0.6 is 11.3 Å². The molecule has 0 spiro atoms. The highest BCUT2D eigenvalue weighted by Gasteiger charge is 2.14. The van der Waals surface area contributed by atoms with Crippen LogP contribution in [-0.4, -0.2) is 15.5 Å². The summed E-state index contributed by atoms with van der Waals surface area (Å²) in [4.78, 5) is 16.2. The quantitative estimate of drug-likeness (QED) is 0.560. The van der Waals surface area contributed by atoms with Crippen molar-refractivity contribution >= 4 is 28.5 Å². The Labute approximate surface area is 149 Å². The lowest BCUT2D eigenvalue weighted by Crippen LogP contribution is -2.13. The molecular formula is C18H16N4O2S. The third kappa shape index (κ3) is 3.70. The van der Waals surface area contributed by atoms with Gasteiger partial charge in [-0.2, -0.15) is 5.26 Å². The fourth-order valence-electron chi connectivity index (χ4n) is 2.53. The molecule has 6 nitrogen and oxygen atoms in total. The minimum Gasteiger partial charge on any atom is -0.467 e. The summed E-state index contributed by atoms with van der Waals surface area (Å²) in [6, 6.07) is 7.67. The predicted molar refractivity (Wildman–Crippen MR) is 96.0 cm³/mol. The summed E-state index contributed by atoms with van der Waals surface area (Å²) in [5, 5.41) is 14.2. The summed E-state index contributed by atoms with van der Waals surface area (Å²) in [6.07, 6.45) is 4.84. The molecule has 0 fully saturated rings. The van der Waals surface area contributed by atoms with E-state index in [0.717, 1.165) is 22.7 Å². The largest absolute Gasteiger partial charge is 0.467 e. The average molecular weight is 352 g/mol. The van der Waals surface area contributed by atoms with Crippen LogP contribution in [0.2, 0.25) is 0 Å². The van der Waals surface area contributed by atoms with E-state index in [2.05, 4.69) is 14.9 Å². The highest BCUT2D eigenvalue weighted by Crippen LogP contribution is 2.21. The molecule has 0 bridgehead atoms. The van der Waals surface area contributed by atoms with Gasteiger partial charge in [0.2, 0.25) is 0 Å². The first kappa shape index (κ1) is 16.7. The maximum absolute atomic E-state index is 12.2. The van der Waals surface area contributed by atoms with Crippen LogP contribution in [0.4, 0.5) is 5.13 Å². The van der Waals surface area contributed by atoms with Crippen LogP contribution in [0.25, 0.3) is 6.08 Å². The van der Waals surface area contributed by atoms with Gasteiger partial charge < -0.3 is 8.98 Å². The average Bonchev–Trinajstić information content (AvgIpc) is 3.32. The molecule has 0 aliphatic heterocycles.